The third-order valence-corrected chi connectivity index (χ3v) is 6.18. The standard InChI is InChI=1S/C18H24ClN3S2/c1-13-12-22(17(23)21-16-9-5-8-15(19)10-16)18(24-13)20-11-14-6-3-2-4-7-14/h5,8-10,13-14H,2-4,6-7,11-12H2,1H3,(H,21,23)/b20-18-. The van der Waals surface area contributed by atoms with Crippen molar-refractivity contribution in [2.45, 2.75) is 44.3 Å². The highest BCUT2D eigenvalue weighted by Crippen LogP contribution is 2.29. The molecule has 0 radical (unpaired) electrons. The minimum Gasteiger partial charge on any atom is -0.332 e. The van der Waals surface area contributed by atoms with Crippen LogP contribution >= 0.6 is 35.6 Å². The number of amidine groups is 1. The lowest BCUT2D eigenvalue weighted by atomic mass is 9.89. The van der Waals surface area contributed by atoms with E-state index in [1.54, 1.807) is 0 Å². The maximum Gasteiger partial charge on any atom is 0.179 e. The molecule has 2 aliphatic rings. The Hall–Kier alpha value is -0.780. The highest BCUT2D eigenvalue weighted by atomic mass is 35.5. The van der Waals surface area contributed by atoms with E-state index in [1.807, 2.05) is 36.0 Å². The highest BCUT2D eigenvalue weighted by molar-refractivity contribution is 8.14. The summed E-state index contributed by atoms with van der Waals surface area (Å²) in [6, 6.07) is 7.65. The van der Waals surface area contributed by atoms with Crippen molar-refractivity contribution in [3.63, 3.8) is 0 Å². The van der Waals surface area contributed by atoms with Crippen LogP contribution in [0, 0.1) is 5.92 Å². The number of halogens is 1. The van der Waals surface area contributed by atoms with E-state index in [9.17, 15) is 0 Å². The van der Waals surface area contributed by atoms with Crippen LogP contribution in [-0.4, -0.2) is 33.5 Å². The molecule has 3 rings (SSSR count). The van der Waals surface area contributed by atoms with Crippen LogP contribution < -0.4 is 5.32 Å². The molecule has 130 valence electrons. The van der Waals surface area contributed by atoms with Crippen molar-refractivity contribution in [1.82, 2.24) is 4.90 Å². The lowest BCUT2D eigenvalue weighted by Gasteiger charge is -2.22. The topological polar surface area (TPSA) is 27.6 Å². The van der Waals surface area contributed by atoms with Gasteiger partial charge in [-0.3, -0.25) is 9.89 Å². The Morgan fingerprint density at radius 2 is 2.17 bits per heavy atom. The van der Waals surface area contributed by atoms with Crippen LogP contribution in [0.1, 0.15) is 39.0 Å². The fourth-order valence-corrected chi connectivity index (χ4v) is 4.80. The van der Waals surface area contributed by atoms with E-state index in [4.69, 9.17) is 28.8 Å². The van der Waals surface area contributed by atoms with E-state index >= 15 is 0 Å². The zero-order chi connectivity index (χ0) is 16.9. The largest absolute Gasteiger partial charge is 0.332 e. The molecular weight excluding hydrogens is 358 g/mol. The molecule has 0 spiro atoms. The normalized spacial score (nSPS) is 23.7. The molecule has 24 heavy (non-hydrogen) atoms. The zero-order valence-corrected chi connectivity index (χ0v) is 16.4. The summed E-state index contributed by atoms with van der Waals surface area (Å²) in [5.74, 6) is 0.749. The maximum atomic E-state index is 6.05. The van der Waals surface area contributed by atoms with Gasteiger partial charge in [-0.1, -0.05) is 55.6 Å². The molecule has 1 atom stereocenters. The van der Waals surface area contributed by atoms with E-state index in [0.717, 1.165) is 29.9 Å². The molecule has 3 nitrogen and oxygen atoms in total. The number of hydrogen-bond acceptors (Lipinski definition) is 3. The van der Waals surface area contributed by atoms with Gasteiger partial charge in [0.2, 0.25) is 0 Å². The van der Waals surface area contributed by atoms with Gasteiger partial charge in [-0.2, -0.15) is 0 Å². The summed E-state index contributed by atoms with van der Waals surface area (Å²) in [6.45, 7) is 4.06. The second kappa shape index (κ2) is 8.54. The van der Waals surface area contributed by atoms with Gasteiger partial charge in [0.05, 0.1) is 0 Å². The molecule has 1 N–H and O–H groups in total. The van der Waals surface area contributed by atoms with Gasteiger partial charge in [-0.15, -0.1) is 0 Å². The van der Waals surface area contributed by atoms with Gasteiger partial charge in [0.1, 0.15) is 0 Å². The van der Waals surface area contributed by atoms with E-state index in [1.165, 1.54) is 32.1 Å². The van der Waals surface area contributed by atoms with Crippen LogP contribution in [0.25, 0.3) is 0 Å². The summed E-state index contributed by atoms with van der Waals surface area (Å²) in [7, 11) is 0. The van der Waals surface area contributed by atoms with Gasteiger partial charge in [0, 0.05) is 29.0 Å². The van der Waals surface area contributed by atoms with E-state index in [-0.39, 0.29) is 0 Å². The number of thioether (sulfide) groups is 1. The number of anilines is 1. The lowest BCUT2D eigenvalue weighted by Crippen LogP contribution is -2.36. The smallest absolute Gasteiger partial charge is 0.179 e. The van der Waals surface area contributed by atoms with E-state index < -0.39 is 0 Å². The quantitative estimate of drug-likeness (QED) is 0.708. The highest BCUT2D eigenvalue weighted by Gasteiger charge is 2.29. The molecule has 1 aliphatic heterocycles. The van der Waals surface area contributed by atoms with Gasteiger partial charge < -0.3 is 5.32 Å². The Bertz CT molecular complexity index is 614. The maximum absolute atomic E-state index is 6.05. The van der Waals surface area contributed by atoms with E-state index in [2.05, 4.69) is 17.1 Å². The molecule has 1 unspecified atom stereocenters. The fourth-order valence-electron chi connectivity index (χ4n) is 3.24. The number of benzene rings is 1. The summed E-state index contributed by atoms with van der Waals surface area (Å²) in [5, 5.41) is 6.27. The molecule has 1 aromatic rings. The van der Waals surface area contributed by atoms with Crippen LogP contribution in [0.2, 0.25) is 5.02 Å². The van der Waals surface area contributed by atoms with Crippen molar-refractivity contribution in [2.24, 2.45) is 10.9 Å². The summed E-state index contributed by atoms with van der Waals surface area (Å²) >= 11 is 13.5. The van der Waals surface area contributed by atoms with Crippen LogP contribution in [0.3, 0.4) is 0 Å². The lowest BCUT2D eigenvalue weighted by molar-refractivity contribution is 0.366. The first kappa shape index (κ1) is 18.0. The third kappa shape index (κ3) is 4.87. The number of hydrogen-bond donors (Lipinski definition) is 1. The summed E-state index contributed by atoms with van der Waals surface area (Å²) in [6.07, 6.45) is 6.75. The number of thiocarbonyl (C=S) groups is 1. The van der Waals surface area contributed by atoms with Crippen molar-refractivity contribution < 1.29 is 0 Å². The molecular formula is C18H24ClN3S2. The molecule has 1 aromatic carbocycles. The number of aliphatic imine (C=N–C) groups is 1. The van der Waals surface area contributed by atoms with Crippen LogP contribution in [0.5, 0.6) is 0 Å². The Morgan fingerprint density at radius 3 is 2.92 bits per heavy atom. The van der Waals surface area contributed by atoms with E-state index in [0.29, 0.717) is 15.4 Å². The average molecular weight is 382 g/mol. The van der Waals surface area contributed by atoms with Crippen LogP contribution in [0.15, 0.2) is 29.3 Å². The number of nitrogens with one attached hydrogen (secondary N) is 1. The molecule has 2 fully saturated rings. The zero-order valence-electron chi connectivity index (χ0n) is 14.0. The van der Waals surface area contributed by atoms with Crippen molar-refractivity contribution in [3.05, 3.63) is 29.3 Å². The second-order valence-electron chi connectivity index (χ2n) is 6.61. The summed E-state index contributed by atoms with van der Waals surface area (Å²) in [4.78, 5) is 7.04. The first-order valence-electron chi connectivity index (χ1n) is 8.67. The monoisotopic (exact) mass is 381 g/mol. The Balaban J connectivity index is 1.64. The first-order chi connectivity index (χ1) is 11.6. The van der Waals surface area contributed by atoms with Gasteiger partial charge in [0.25, 0.3) is 0 Å². The predicted octanol–water partition coefficient (Wildman–Crippen LogP) is 5.41. The van der Waals surface area contributed by atoms with Crippen molar-refractivity contribution in [2.75, 3.05) is 18.4 Å². The fraction of sp³-hybridized carbons (Fsp3) is 0.556. The Kier molecular flexibility index (Phi) is 6.42. The minimum atomic E-state index is 0.509. The SMILES string of the molecule is CC1CN(C(=S)Nc2cccc(Cl)c2)/C(=N/CC2CCCCC2)S1. The van der Waals surface area contributed by atoms with Crippen molar-refractivity contribution in [1.29, 1.82) is 0 Å². The molecule has 0 bridgehead atoms. The van der Waals surface area contributed by atoms with Crippen LogP contribution in [0.4, 0.5) is 5.69 Å². The Morgan fingerprint density at radius 1 is 1.38 bits per heavy atom. The van der Waals surface area contributed by atoms with Gasteiger partial charge in [-0.25, -0.2) is 0 Å². The number of rotatable bonds is 3. The molecule has 0 amide bonds. The average Bonchev–Trinajstić information content (AvgIpc) is 2.95. The molecule has 1 heterocycles. The summed E-state index contributed by atoms with van der Waals surface area (Å²) < 4.78 is 0. The minimum absolute atomic E-state index is 0.509. The molecule has 0 aromatic heterocycles. The van der Waals surface area contributed by atoms with Crippen molar-refractivity contribution >= 4 is 51.5 Å². The molecule has 6 heteroatoms. The van der Waals surface area contributed by atoms with Crippen molar-refractivity contribution in [3.8, 4) is 0 Å². The van der Waals surface area contributed by atoms with Gasteiger partial charge in [-0.05, 0) is 49.2 Å². The predicted molar refractivity (Wildman–Crippen MR) is 110 cm³/mol. The summed E-state index contributed by atoms with van der Waals surface area (Å²) in [5.41, 5.74) is 0.920. The molecule has 1 saturated carbocycles. The molecule has 1 aliphatic carbocycles. The second-order valence-corrected chi connectivity index (χ2v) is 8.84. The van der Waals surface area contributed by atoms with Gasteiger partial charge >= 0.3 is 0 Å². The third-order valence-electron chi connectivity index (χ3n) is 4.51. The van der Waals surface area contributed by atoms with Gasteiger partial charge in [0.15, 0.2) is 10.3 Å². The molecule has 1 saturated heterocycles. The number of nitrogens with zero attached hydrogens (tertiary/aromatic N) is 2. The first-order valence-corrected chi connectivity index (χ1v) is 10.3. The van der Waals surface area contributed by atoms with Crippen LogP contribution in [-0.2, 0) is 0 Å². The Labute approximate surface area is 159 Å².